The summed E-state index contributed by atoms with van der Waals surface area (Å²) in [5.41, 5.74) is 5.53. The van der Waals surface area contributed by atoms with Crippen LogP contribution >= 0.6 is 11.6 Å². The molecule has 0 atom stereocenters. The van der Waals surface area contributed by atoms with Gasteiger partial charge in [0.2, 0.25) is 0 Å². The van der Waals surface area contributed by atoms with Crippen LogP contribution in [0.25, 0.3) is 0 Å². The van der Waals surface area contributed by atoms with Gasteiger partial charge in [0, 0.05) is 5.02 Å². The average molecular weight is 331 g/mol. The number of nitrogens with zero attached hydrogens (tertiary/aromatic N) is 1. The Balaban J connectivity index is 1.90. The van der Waals surface area contributed by atoms with Crippen LogP contribution in [0.4, 0.5) is 0 Å². The minimum Gasteiger partial charge on any atom is -0.484 e. The first-order valence-corrected chi connectivity index (χ1v) is 7.77. The molecule has 0 aliphatic heterocycles. The lowest BCUT2D eigenvalue weighted by Gasteiger charge is -2.07. The summed E-state index contributed by atoms with van der Waals surface area (Å²) in [5, 5.41) is 4.81. The first-order chi connectivity index (χ1) is 11.1. The molecule has 4 nitrogen and oxygen atoms in total. The van der Waals surface area contributed by atoms with Gasteiger partial charge >= 0.3 is 0 Å². The van der Waals surface area contributed by atoms with Crippen LogP contribution in [0.2, 0.25) is 5.02 Å². The van der Waals surface area contributed by atoms with E-state index in [9.17, 15) is 4.79 Å². The van der Waals surface area contributed by atoms with Crippen LogP contribution in [0.15, 0.2) is 53.6 Å². The predicted octanol–water partition coefficient (Wildman–Crippen LogP) is 3.96. The molecule has 2 aromatic carbocycles. The van der Waals surface area contributed by atoms with Crippen molar-refractivity contribution in [2.24, 2.45) is 5.10 Å². The van der Waals surface area contributed by atoms with Crippen molar-refractivity contribution in [3.05, 3.63) is 64.7 Å². The van der Waals surface area contributed by atoms with Gasteiger partial charge in [0.05, 0.1) is 5.71 Å². The molecule has 5 heteroatoms. The van der Waals surface area contributed by atoms with E-state index in [1.807, 2.05) is 38.1 Å². The van der Waals surface area contributed by atoms with Crippen molar-refractivity contribution in [2.75, 3.05) is 6.61 Å². The molecule has 0 fully saturated rings. The Bertz CT molecular complexity index is 679. The lowest BCUT2D eigenvalue weighted by atomic mass is 10.1. The SMILES string of the molecule is CCC(=NNC(=O)COc1ccc(Cl)cc1)c1ccc(C)cc1. The molecular weight excluding hydrogens is 312 g/mol. The fraction of sp³-hybridized carbons (Fsp3) is 0.222. The summed E-state index contributed by atoms with van der Waals surface area (Å²) in [5.74, 6) is 0.279. The van der Waals surface area contributed by atoms with Gasteiger partial charge in [-0.3, -0.25) is 4.79 Å². The van der Waals surface area contributed by atoms with Crippen LogP contribution in [-0.4, -0.2) is 18.2 Å². The lowest BCUT2D eigenvalue weighted by Crippen LogP contribution is -2.26. The first-order valence-electron chi connectivity index (χ1n) is 7.39. The largest absolute Gasteiger partial charge is 0.484 e. The van der Waals surface area contributed by atoms with Gasteiger partial charge in [-0.25, -0.2) is 5.43 Å². The highest BCUT2D eigenvalue weighted by Gasteiger charge is 2.05. The van der Waals surface area contributed by atoms with Gasteiger partial charge in [-0.15, -0.1) is 0 Å². The second-order valence-corrected chi connectivity index (χ2v) is 5.49. The highest BCUT2D eigenvalue weighted by molar-refractivity contribution is 6.30. The molecule has 0 aromatic heterocycles. The number of hydrazone groups is 1. The van der Waals surface area contributed by atoms with Crippen LogP contribution in [-0.2, 0) is 4.79 Å². The second kappa shape index (κ2) is 8.34. The Kier molecular flexibility index (Phi) is 6.18. The Morgan fingerprint density at radius 3 is 2.39 bits per heavy atom. The van der Waals surface area contributed by atoms with Gasteiger partial charge in [-0.1, -0.05) is 48.4 Å². The number of halogens is 1. The van der Waals surface area contributed by atoms with Crippen LogP contribution in [0.5, 0.6) is 5.75 Å². The van der Waals surface area contributed by atoms with Gasteiger partial charge < -0.3 is 4.74 Å². The van der Waals surface area contributed by atoms with Gasteiger partial charge in [0.1, 0.15) is 5.75 Å². The zero-order chi connectivity index (χ0) is 16.7. The van der Waals surface area contributed by atoms with E-state index >= 15 is 0 Å². The molecule has 0 aliphatic carbocycles. The van der Waals surface area contributed by atoms with E-state index in [0.29, 0.717) is 10.8 Å². The maximum atomic E-state index is 11.8. The Morgan fingerprint density at radius 2 is 1.78 bits per heavy atom. The van der Waals surface area contributed by atoms with Gasteiger partial charge in [-0.2, -0.15) is 5.10 Å². The summed E-state index contributed by atoms with van der Waals surface area (Å²) in [4.78, 5) is 11.8. The molecule has 1 N–H and O–H groups in total. The standard InChI is InChI=1S/C18H19ClN2O2/c1-3-17(14-6-4-13(2)5-7-14)20-21-18(22)12-23-16-10-8-15(19)9-11-16/h4-11H,3,12H2,1-2H3,(H,21,22). The third kappa shape index (κ3) is 5.42. The maximum absolute atomic E-state index is 11.8. The van der Waals surface area contributed by atoms with Crippen molar-refractivity contribution in [2.45, 2.75) is 20.3 Å². The first kappa shape index (κ1) is 17.0. The Labute approximate surface area is 141 Å². The molecule has 0 saturated carbocycles. The Morgan fingerprint density at radius 1 is 1.13 bits per heavy atom. The number of rotatable bonds is 6. The quantitative estimate of drug-likeness (QED) is 0.644. The van der Waals surface area contributed by atoms with E-state index in [1.54, 1.807) is 24.3 Å². The molecule has 0 saturated heterocycles. The number of hydrogen-bond donors (Lipinski definition) is 1. The molecule has 0 unspecified atom stereocenters. The van der Waals surface area contributed by atoms with Crippen molar-refractivity contribution < 1.29 is 9.53 Å². The molecule has 0 spiro atoms. The zero-order valence-electron chi connectivity index (χ0n) is 13.2. The van der Waals surface area contributed by atoms with E-state index in [1.165, 1.54) is 5.56 Å². The highest BCUT2D eigenvalue weighted by Crippen LogP contribution is 2.15. The van der Waals surface area contributed by atoms with E-state index in [2.05, 4.69) is 10.5 Å². The van der Waals surface area contributed by atoms with E-state index in [-0.39, 0.29) is 12.5 Å². The summed E-state index contributed by atoms with van der Waals surface area (Å²) in [6.07, 6.45) is 0.724. The van der Waals surface area contributed by atoms with E-state index < -0.39 is 0 Å². The summed E-state index contributed by atoms with van der Waals surface area (Å²) < 4.78 is 5.37. The summed E-state index contributed by atoms with van der Waals surface area (Å²) in [6.45, 7) is 3.92. The van der Waals surface area contributed by atoms with Crippen molar-refractivity contribution in [1.82, 2.24) is 5.43 Å². The topological polar surface area (TPSA) is 50.7 Å². The molecule has 0 radical (unpaired) electrons. The van der Waals surface area contributed by atoms with E-state index in [4.69, 9.17) is 16.3 Å². The molecule has 1 amide bonds. The average Bonchev–Trinajstić information content (AvgIpc) is 2.56. The third-order valence-electron chi connectivity index (χ3n) is 3.22. The van der Waals surface area contributed by atoms with Crippen molar-refractivity contribution in [1.29, 1.82) is 0 Å². The smallest absolute Gasteiger partial charge is 0.277 e. The summed E-state index contributed by atoms with van der Waals surface area (Å²) in [7, 11) is 0. The van der Waals surface area contributed by atoms with Crippen LogP contribution < -0.4 is 10.2 Å². The monoisotopic (exact) mass is 330 g/mol. The molecule has 120 valence electrons. The molecule has 0 bridgehead atoms. The summed E-state index contributed by atoms with van der Waals surface area (Å²) >= 11 is 5.79. The number of ether oxygens (including phenoxy) is 1. The predicted molar refractivity (Wildman–Crippen MR) is 93.1 cm³/mol. The number of amides is 1. The number of hydrogen-bond acceptors (Lipinski definition) is 3. The third-order valence-corrected chi connectivity index (χ3v) is 3.47. The molecule has 2 aromatic rings. The van der Waals surface area contributed by atoms with Crippen LogP contribution in [0.1, 0.15) is 24.5 Å². The summed E-state index contributed by atoms with van der Waals surface area (Å²) in [6, 6.07) is 14.9. The molecule has 2 rings (SSSR count). The van der Waals surface area contributed by atoms with Crippen LogP contribution in [0.3, 0.4) is 0 Å². The Hall–Kier alpha value is -2.33. The fourth-order valence-corrected chi connectivity index (χ4v) is 2.06. The van der Waals surface area contributed by atoms with Crippen molar-refractivity contribution in [3.63, 3.8) is 0 Å². The van der Waals surface area contributed by atoms with E-state index in [0.717, 1.165) is 17.7 Å². The lowest BCUT2D eigenvalue weighted by molar-refractivity contribution is -0.123. The number of benzene rings is 2. The number of nitrogens with one attached hydrogen (secondary N) is 1. The van der Waals surface area contributed by atoms with Gasteiger partial charge in [-0.05, 0) is 43.2 Å². The number of carbonyl (C=O) groups excluding carboxylic acids is 1. The minimum absolute atomic E-state index is 0.101. The molecular formula is C18H19ClN2O2. The molecule has 23 heavy (non-hydrogen) atoms. The molecule has 0 heterocycles. The number of aryl methyl sites for hydroxylation is 1. The fourth-order valence-electron chi connectivity index (χ4n) is 1.94. The molecule has 0 aliphatic rings. The number of carbonyl (C=O) groups is 1. The highest BCUT2D eigenvalue weighted by atomic mass is 35.5. The van der Waals surface area contributed by atoms with Crippen molar-refractivity contribution in [3.8, 4) is 5.75 Å². The van der Waals surface area contributed by atoms with Crippen LogP contribution in [0, 0.1) is 6.92 Å². The maximum Gasteiger partial charge on any atom is 0.277 e. The van der Waals surface area contributed by atoms with Gasteiger partial charge in [0.15, 0.2) is 6.61 Å². The van der Waals surface area contributed by atoms with Crippen molar-refractivity contribution >= 4 is 23.2 Å². The second-order valence-electron chi connectivity index (χ2n) is 5.06. The minimum atomic E-state index is -0.307. The normalized spacial score (nSPS) is 11.2. The zero-order valence-corrected chi connectivity index (χ0v) is 13.9. The van der Waals surface area contributed by atoms with Gasteiger partial charge in [0.25, 0.3) is 5.91 Å².